The van der Waals surface area contributed by atoms with Crippen LogP contribution in [-0.4, -0.2) is 65.6 Å². The molecule has 0 saturated carbocycles. The van der Waals surface area contributed by atoms with Crippen molar-refractivity contribution in [1.29, 1.82) is 0 Å². The van der Waals surface area contributed by atoms with Crippen LogP contribution in [0.2, 0.25) is 0 Å². The highest BCUT2D eigenvalue weighted by molar-refractivity contribution is 5.90. The first-order valence-corrected chi connectivity index (χ1v) is 9.22. The Morgan fingerprint density at radius 3 is 2.28 bits per heavy atom. The quantitative estimate of drug-likeness (QED) is 0.736. The van der Waals surface area contributed by atoms with Gasteiger partial charge >= 0.3 is 5.97 Å². The summed E-state index contributed by atoms with van der Waals surface area (Å²) in [4.78, 5) is 29.0. The van der Waals surface area contributed by atoms with Crippen molar-refractivity contribution in [1.82, 2.24) is 14.4 Å². The van der Waals surface area contributed by atoms with Crippen LogP contribution >= 0.6 is 0 Å². The minimum atomic E-state index is -0.293. The van der Waals surface area contributed by atoms with Crippen molar-refractivity contribution in [2.45, 2.75) is 40.5 Å². The highest BCUT2D eigenvalue weighted by atomic mass is 16.5. The minimum absolute atomic E-state index is 0.205. The number of carbonyl (C=O) groups excluding carboxylic acids is 2. The number of carbonyl (C=O) groups is 2. The van der Waals surface area contributed by atoms with E-state index in [9.17, 15) is 9.59 Å². The summed E-state index contributed by atoms with van der Waals surface area (Å²) in [6.07, 6.45) is 1.15. The van der Waals surface area contributed by atoms with E-state index in [1.54, 1.807) is 6.92 Å². The molecule has 6 nitrogen and oxygen atoms in total. The zero-order valence-corrected chi connectivity index (χ0v) is 16.2. The Balaban J connectivity index is 2.02. The molecule has 2 heterocycles. The van der Waals surface area contributed by atoms with Crippen molar-refractivity contribution in [2.75, 3.05) is 39.3 Å². The SMILES string of the molecule is CCOC(=O)c1c(C)c(CCC(=O)N2CCN(CC)CC2)c(C)n1C. The minimum Gasteiger partial charge on any atom is -0.461 e. The largest absolute Gasteiger partial charge is 0.461 e. The highest BCUT2D eigenvalue weighted by Gasteiger charge is 2.24. The Kier molecular flexibility index (Phi) is 6.64. The van der Waals surface area contributed by atoms with Crippen molar-refractivity contribution in [3.63, 3.8) is 0 Å². The fraction of sp³-hybridized carbons (Fsp3) is 0.684. The molecule has 25 heavy (non-hydrogen) atoms. The molecule has 6 heteroatoms. The lowest BCUT2D eigenvalue weighted by Crippen LogP contribution is -2.48. The van der Waals surface area contributed by atoms with Crippen LogP contribution in [-0.2, 0) is 23.0 Å². The summed E-state index contributed by atoms with van der Waals surface area (Å²) in [6, 6.07) is 0. The Labute approximate surface area is 150 Å². The first-order chi connectivity index (χ1) is 11.9. The number of nitrogens with zero attached hydrogens (tertiary/aromatic N) is 3. The van der Waals surface area contributed by atoms with Crippen LogP contribution in [0.5, 0.6) is 0 Å². The van der Waals surface area contributed by atoms with Crippen LogP contribution < -0.4 is 0 Å². The fourth-order valence-electron chi connectivity index (χ4n) is 3.60. The van der Waals surface area contributed by atoms with E-state index in [1.165, 1.54) is 0 Å². The van der Waals surface area contributed by atoms with Crippen LogP contribution in [0.3, 0.4) is 0 Å². The number of hydrogen-bond acceptors (Lipinski definition) is 4. The zero-order chi connectivity index (χ0) is 18.6. The van der Waals surface area contributed by atoms with E-state index in [1.807, 2.05) is 30.4 Å². The van der Waals surface area contributed by atoms with Gasteiger partial charge in [-0.05, 0) is 44.9 Å². The number of ether oxygens (including phenoxy) is 1. The molecule has 0 spiro atoms. The molecular weight excluding hydrogens is 318 g/mol. The number of rotatable bonds is 6. The van der Waals surface area contributed by atoms with E-state index < -0.39 is 0 Å². The molecule has 2 rings (SSSR count). The highest BCUT2D eigenvalue weighted by Crippen LogP contribution is 2.23. The molecule has 140 valence electrons. The van der Waals surface area contributed by atoms with Gasteiger partial charge in [-0.3, -0.25) is 4.79 Å². The molecule has 1 aliphatic heterocycles. The molecular formula is C19H31N3O3. The van der Waals surface area contributed by atoms with Crippen LogP contribution in [0, 0.1) is 13.8 Å². The van der Waals surface area contributed by atoms with Crippen molar-refractivity contribution >= 4 is 11.9 Å². The van der Waals surface area contributed by atoms with E-state index in [2.05, 4.69) is 11.8 Å². The summed E-state index contributed by atoms with van der Waals surface area (Å²) >= 11 is 0. The molecule has 0 atom stereocenters. The number of amides is 1. The third-order valence-electron chi connectivity index (χ3n) is 5.31. The molecule has 1 fully saturated rings. The summed E-state index contributed by atoms with van der Waals surface area (Å²) in [7, 11) is 1.88. The van der Waals surface area contributed by atoms with Crippen LogP contribution in [0.1, 0.15) is 47.6 Å². The van der Waals surface area contributed by atoms with Gasteiger partial charge in [0.15, 0.2) is 0 Å². The number of likely N-dealkylation sites (N-methyl/N-ethyl adjacent to an activating group) is 1. The van der Waals surface area contributed by atoms with Crippen LogP contribution in [0.4, 0.5) is 0 Å². The predicted octanol–water partition coefficient (Wildman–Crippen LogP) is 1.92. The van der Waals surface area contributed by atoms with Crippen molar-refractivity contribution in [3.05, 3.63) is 22.5 Å². The second kappa shape index (κ2) is 8.52. The first kappa shape index (κ1) is 19.5. The third kappa shape index (κ3) is 4.24. The van der Waals surface area contributed by atoms with E-state index in [0.29, 0.717) is 25.1 Å². The Hall–Kier alpha value is -1.82. The molecule has 0 unspecified atom stereocenters. The van der Waals surface area contributed by atoms with Crippen molar-refractivity contribution in [2.24, 2.45) is 7.05 Å². The molecule has 1 amide bonds. The Morgan fingerprint density at radius 2 is 1.72 bits per heavy atom. The average Bonchev–Trinajstić information content (AvgIpc) is 2.82. The molecule has 1 aromatic rings. The van der Waals surface area contributed by atoms with Gasteiger partial charge in [-0.1, -0.05) is 6.92 Å². The van der Waals surface area contributed by atoms with Gasteiger partial charge in [0.2, 0.25) is 5.91 Å². The second-order valence-corrected chi connectivity index (χ2v) is 6.63. The van der Waals surface area contributed by atoms with Gasteiger partial charge in [0, 0.05) is 45.3 Å². The zero-order valence-electron chi connectivity index (χ0n) is 16.2. The fourth-order valence-corrected chi connectivity index (χ4v) is 3.60. The molecule has 1 aromatic heterocycles. The Morgan fingerprint density at radius 1 is 1.08 bits per heavy atom. The number of esters is 1. The lowest BCUT2D eigenvalue weighted by Gasteiger charge is -2.34. The van der Waals surface area contributed by atoms with Crippen molar-refractivity contribution in [3.8, 4) is 0 Å². The molecule has 0 aromatic carbocycles. The summed E-state index contributed by atoms with van der Waals surface area (Å²) < 4.78 is 7.04. The average molecular weight is 349 g/mol. The van der Waals surface area contributed by atoms with Gasteiger partial charge < -0.3 is 19.1 Å². The summed E-state index contributed by atoms with van der Waals surface area (Å²) in [6.45, 7) is 12.8. The topological polar surface area (TPSA) is 54.8 Å². The van der Waals surface area contributed by atoms with Gasteiger partial charge in [-0.25, -0.2) is 4.79 Å². The maximum Gasteiger partial charge on any atom is 0.355 e. The summed E-state index contributed by atoms with van der Waals surface area (Å²) in [5, 5.41) is 0. The summed E-state index contributed by atoms with van der Waals surface area (Å²) in [5.41, 5.74) is 3.65. The van der Waals surface area contributed by atoms with Crippen molar-refractivity contribution < 1.29 is 14.3 Å². The Bertz CT molecular complexity index is 628. The number of aromatic nitrogens is 1. The standard InChI is InChI=1S/C19H31N3O3/c1-6-21-10-12-22(13-11-21)17(23)9-8-16-14(3)18(19(24)25-7-2)20(5)15(16)4/h6-13H2,1-5H3. The van der Waals surface area contributed by atoms with E-state index in [0.717, 1.165) is 49.5 Å². The van der Waals surface area contributed by atoms with Gasteiger partial charge in [-0.2, -0.15) is 0 Å². The monoisotopic (exact) mass is 349 g/mol. The molecule has 0 bridgehead atoms. The first-order valence-electron chi connectivity index (χ1n) is 9.22. The van der Waals surface area contributed by atoms with E-state index in [4.69, 9.17) is 4.74 Å². The van der Waals surface area contributed by atoms with Gasteiger partial charge in [-0.15, -0.1) is 0 Å². The van der Waals surface area contributed by atoms with Crippen LogP contribution in [0.15, 0.2) is 0 Å². The maximum atomic E-state index is 12.5. The van der Waals surface area contributed by atoms with Gasteiger partial charge in [0.1, 0.15) is 5.69 Å². The lowest BCUT2D eigenvalue weighted by molar-refractivity contribution is -0.132. The predicted molar refractivity (Wildman–Crippen MR) is 97.9 cm³/mol. The maximum absolute atomic E-state index is 12.5. The smallest absolute Gasteiger partial charge is 0.355 e. The third-order valence-corrected chi connectivity index (χ3v) is 5.31. The molecule has 0 N–H and O–H groups in total. The lowest BCUT2D eigenvalue weighted by atomic mass is 10.0. The molecule has 1 aliphatic rings. The molecule has 1 saturated heterocycles. The normalized spacial score (nSPS) is 15.5. The second-order valence-electron chi connectivity index (χ2n) is 6.63. The number of piperazine rings is 1. The van der Waals surface area contributed by atoms with Crippen LogP contribution in [0.25, 0.3) is 0 Å². The van der Waals surface area contributed by atoms with E-state index >= 15 is 0 Å². The summed E-state index contributed by atoms with van der Waals surface area (Å²) in [5.74, 6) is -0.0880. The van der Waals surface area contributed by atoms with Gasteiger partial charge in [0.05, 0.1) is 6.61 Å². The molecule has 0 aliphatic carbocycles. The molecule has 0 radical (unpaired) electrons. The van der Waals surface area contributed by atoms with Gasteiger partial charge in [0.25, 0.3) is 0 Å². The number of hydrogen-bond donors (Lipinski definition) is 0. The van der Waals surface area contributed by atoms with E-state index in [-0.39, 0.29) is 11.9 Å².